The average molecular weight is 189 g/mol. The molecule has 0 aliphatic carbocycles. The predicted octanol–water partition coefficient (Wildman–Crippen LogP) is 1.07. The highest BCUT2D eigenvalue weighted by molar-refractivity contribution is 5.25. The second-order valence-electron chi connectivity index (χ2n) is 3.11. The first-order valence-corrected chi connectivity index (χ1v) is 4.36. The van der Waals surface area contributed by atoms with Crippen LogP contribution in [0.15, 0.2) is 30.9 Å². The summed E-state index contributed by atoms with van der Waals surface area (Å²) in [6.07, 6.45) is 5.28. The van der Waals surface area contributed by atoms with Crippen molar-refractivity contribution in [1.29, 1.82) is 0 Å². The summed E-state index contributed by atoms with van der Waals surface area (Å²) in [5, 5.41) is 8.84. The van der Waals surface area contributed by atoms with Gasteiger partial charge in [0.1, 0.15) is 12.1 Å². The van der Waals surface area contributed by atoms with Crippen molar-refractivity contribution in [3.05, 3.63) is 42.1 Å². The van der Waals surface area contributed by atoms with E-state index in [4.69, 9.17) is 5.11 Å². The first-order chi connectivity index (χ1) is 6.79. The largest absolute Gasteiger partial charge is 0.392 e. The number of nitrogens with zero attached hydrogens (tertiary/aromatic N) is 3. The van der Waals surface area contributed by atoms with Gasteiger partial charge < -0.3 is 5.11 Å². The van der Waals surface area contributed by atoms with Crippen molar-refractivity contribution in [2.45, 2.75) is 13.5 Å². The molecule has 72 valence electrons. The monoisotopic (exact) mass is 189 g/mol. The van der Waals surface area contributed by atoms with Gasteiger partial charge in [0.2, 0.25) is 0 Å². The number of hydrogen-bond acceptors (Lipinski definition) is 3. The van der Waals surface area contributed by atoms with Gasteiger partial charge in [-0.1, -0.05) is 6.07 Å². The van der Waals surface area contributed by atoms with Crippen LogP contribution in [-0.4, -0.2) is 19.6 Å². The Labute approximate surface area is 81.9 Å². The van der Waals surface area contributed by atoms with Crippen molar-refractivity contribution in [1.82, 2.24) is 14.5 Å². The molecule has 2 rings (SSSR count). The van der Waals surface area contributed by atoms with Crippen molar-refractivity contribution < 1.29 is 5.11 Å². The zero-order valence-electron chi connectivity index (χ0n) is 7.88. The number of pyridine rings is 1. The van der Waals surface area contributed by atoms with Crippen molar-refractivity contribution in [2.75, 3.05) is 0 Å². The third-order valence-corrected chi connectivity index (χ3v) is 1.97. The molecule has 0 aromatic carbocycles. The second-order valence-corrected chi connectivity index (χ2v) is 3.11. The zero-order chi connectivity index (χ0) is 9.97. The molecule has 0 saturated heterocycles. The van der Waals surface area contributed by atoms with E-state index in [1.807, 2.05) is 29.8 Å². The van der Waals surface area contributed by atoms with Crippen LogP contribution in [0.25, 0.3) is 5.82 Å². The number of rotatable bonds is 2. The number of aryl methyl sites for hydroxylation is 1. The summed E-state index contributed by atoms with van der Waals surface area (Å²) in [6.45, 7) is 1.95. The van der Waals surface area contributed by atoms with Crippen molar-refractivity contribution in [3.8, 4) is 5.82 Å². The van der Waals surface area contributed by atoms with E-state index in [0.717, 1.165) is 17.1 Å². The zero-order valence-corrected chi connectivity index (χ0v) is 7.88. The molecule has 0 amide bonds. The molecule has 0 unspecified atom stereocenters. The lowest BCUT2D eigenvalue weighted by Gasteiger charge is -2.00. The van der Waals surface area contributed by atoms with Gasteiger partial charge in [0.15, 0.2) is 0 Å². The Morgan fingerprint density at radius 2 is 2.21 bits per heavy atom. The predicted molar refractivity (Wildman–Crippen MR) is 52.0 cm³/mol. The van der Waals surface area contributed by atoms with E-state index in [-0.39, 0.29) is 6.61 Å². The number of hydrogen-bond donors (Lipinski definition) is 1. The SMILES string of the molecule is Cc1cn(-c2ccc(CO)cn2)cn1. The molecule has 0 aliphatic rings. The number of aliphatic hydroxyl groups is 1. The van der Waals surface area contributed by atoms with Crippen molar-refractivity contribution >= 4 is 0 Å². The summed E-state index contributed by atoms with van der Waals surface area (Å²) in [7, 11) is 0. The summed E-state index contributed by atoms with van der Waals surface area (Å²) in [5.41, 5.74) is 1.77. The third-order valence-electron chi connectivity index (χ3n) is 1.97. The van der Waals surface area contributed by atoms with Gasteiger partial charge in [0.05, 0.1) is 12.3 Å². The molecule has 0 atom stereocenters. The summed E-state index contributed by atoms with van der Waals surface area (Å²) in [4.78, 5) is 8.31. The maximum atomic E-state index is 8.84. The van der Waals surface area contributed by atoms with E-state index in [1.54, 1.807) is 12.5 Å². The Kier molecular flexibility index (Phi) is 2.28. The standard InChI is InChI=1S/C10H11N3O/c1-8-5-13(7-12-8)10-3-2-9(6-14)4-11-10/h2-5,7,14H,6H2,1H3. The Morgan fingerprint density at radius 3 is 2.71 bits per heavy atom. The number of imidazole rings is 1. The van der Waals surface area contributed by atoms with Crippen LogP contribution < -0.4 is 0 Å². The molecule has 2 heterocycles. The van der Waals surface area contributed by atoms with E-state index in [2.05, 4.69) is 9.97 Å². The molecule has 4 nitrogen and oxygen atoms in total. The molecule has 0 bridgehead atoms. The second kappa shape index (κ2) is 3.59. The quantitative estimate of drug-likeness (QED) is 0.768. The van der Waals surface area contributed by atoms with Crippen LogP contribution in [0.3, 0.4) is 0 Å². The first-order valence-electron chi connectivity index (χ1n) is 4.36. The van der Waals surface area contributed by atoms with Gasteiger partial charge in [0.25, 0.3) is 0 Å². The van der Waals surface area contributed by atoms with Crippen molar-refractivity contribution in [3.63, 3.8) is 0 Å². The molecule has 2 aromatic heterocycles. The summed E-state index contributed by atoms with van der Waals surface area (Å²) >= 11 is 0. The number of aromatic nitrogens is 3. The van der Waals surface area contributed by atoms with Crippen molar-refractivity contribution in [2.24, 2.45) is 0 Å². The highest BCUT2D eigenvalue weighted by Crippen LogP contribution is 2.06. The van der Waals surface area contributed by atoms with E-state index in [9.17, 15) is 0 Å². The minimum Gasteiger partial charge on any atom is -0.392 e. The van der Waals surface area contributed by atoms with Crippen LogP contribution in [0.4, 0.5) is 0 Å². The van der Waals surface area contributed by atoms with Gasteiger partial charge in [-0.3, -0.25) is 4.57 Å². The fourth-order valence-electron chi connectivity index (χ4n) is 1.21. The van der Waals surface area contributed by atoms with Gasteiger partial charge in [-0.15, -0.1) is 0 Å². The Hall–Kier alpha value is -1.68. The molecule has 0 fully saturated rings. The Bertz CT molecular complexity index is 419. The molecule has 0 radical (unpaired) electrons. The van der Waals surface area contributed by atoms with Crippen LogP contribution in [0.1, 0.15) is 11.3 Å². The molecule has 0 spiro atoms. The topological polar surface area (TPSA) is 50.9 Å². The number of aliphatic hydroxyl groups excluding tert-OH is 1. The smallest absolute Gasteiger partial charge is 0.137 e. The maximum Gasteiger partial charge on any atom is 0.137 e. The molecule has 0 aliphatic heterocycles. The maximum absolute atomic E-state index is 8.84. The van der Waals surface area contributed by atoms with E-state index < -0.39 is 0 Å². The Balaban J connectivity index is 2.33. The van der Waals surface area contributed by atoms with Gasteiger partial charge in [-0.05, 0) is 18.6 Å². The third kappa shape index (κ3) is 1.65. The van der Waals surface area contributed by atoms with Gasteiger partial charge in [-0.25, -0.2) is 9.97 Å². The summed E-state index contributed by atoms with van der Waals surface area (Å²) in [5.74, 6) is 0.808. The van der Waals surface area contributed by atoms with Gasteiger partial charge >= 0.3 is 0 Å². The normalized spacial score (nSPS) is 10.4. The van der Waals surface area contributed by atoms with E-state index in [0.29, 0.717) is 0 Å². The lowest BCUT2D eigenvalue weighted by molar-refractivity contribution is 0.281. The molecular weight excluding hydrogens is 178 g/mol. The fraction of sp³-hybridized carbons (Fsp3) is 0.200. The molecule has 1 N–H and O–H groups in total. The molecule has 2 aromatic rings. The molecular formula is C10H11N3O. The lowest BCUT2D eigenvalue weighted by atomic mass is 10.3. The highest BCUT2D eigenvalue weighted by atomic mass is 16.3. The van der Waals surface area contributed by atoms with Crippen LogP contribution in [0.2, 0.25) is 0 Å². The minimum absolute atomic E-state index is 0.0240. The average Bonchev–Trinajstić information content (AvgIpc) is 2.65. The molecule has 0 saturated carbocycles. The van der Waals surface area contributed by atoms with Gasteiger partial charge in [0, 0.05) is 12.4 Å². The minimum atomic E-state index is 0.0240. The lowest BCUT2D eigenvalue weighted by Crippen LogP contribution is -1.95. The first kappa shape index (κ1) is 8.90. The van der Waals surface area contributed by atoms with E-state index in [1.165, 1.54) is 0 Å². The Morgan fingerprint density at radius 1 is 1.36 bits per heavy atom. The van der Waals surface area contributed by atoms with Gasteiger partial charge in [-0.2, -0.15) is 0 Å². The van der Waals surface area contributed by atoms with Crippen LogP contribution in [0, 0.1) is 6.92 Å². The molecule has 14 heavy (non-hydrogen) atoms. The van der Waals surface area contributed by atoms with Crippen LogP contribution in [-0.2, 0) is 6.61 Å². The highest BCUT2D eigenvalue weighted by Gasteiger charge is 1.98. The summed E-state index contributed by atoms with van der Waals surface area (Å²) < 4.78 is 1.84. The summed E-state index contributed by atoms with van der Waals surface area (Å²) in [6, 6.07) is 3.70. The van der Waals surface area contributed by atoms with Crippen LogP contribution in [0.5, 0.6) is 0 Å². The molecule has 4 heteroatoms. The van der Waals surface area contributed by atoms with E-state index >= 15 is 0 Å². The fourth-order valence-corrected chi connectivity index (χ4v) is 1.21. The van der Waals surface area contributed by atoms with Crippen LogP contribution >= 0.6 is 0 Å².